The number of rotatable bonds is 5. The van der Waals surface area contributed by atoms with Crippen molar-refractivity contribution in [1.29, 1.82) is 0 Å². The molecule has 4 heteroatoms. The lowest BCUT2D eigenvalue weighted by Crippen LogP contribution is -2.43. The summed E-state index contributed by atoms with van der Waals surface area (Å²) in [7, 11) is 0. The van der Waals surface area contributed by atoms with Crippen molar-refractivity contribution in [3.63, 3.8) is 0 Å². The zero-order chi connectivity index (χ0) is 13.7. The number of nitrogens with zero attached hydrogens (tertiary/aromatic N) is 1. The molecule has 0 atom stereocenters. The first-order valence-corrected chi connectivity index (χ1v) is 5.93. The normalized spacial score (nSPS) is 10.2. The summed E-state index contributed by atoms with van der Waals surface area (Å²) in [4.78, 5) is 23.7. The molecule has 0 radical (unpaired) electrons. The summed E-state index contributed by atoms with van der Waals surface area (Å²) in [5.41, 5.74) is 0.926. The van der Waals surface area contributed by atoms with Crippen LogP contribution < -0.4 is 4.57 Å². The minimum Gasteiger partial charge on any atom is -0.388 e. The van der Waals surface area contributed by atoms with Gasteiger partial charge in [0.1, 0.15) is 6.61 Å². The molecule has 1 aromatic heterocycles. The molecular formula is C15H14NO3+. The molecule has 0 saturated carbocycles. The Bertz CT molecular complexity index is 593. The first-order valence-electron chi connectivity index (χ1n) is 5.93. The van der Waals surface area contributed by atoms with E-state index in [9.17, 15) is 9.59 Å². The maximum absolute atomic E-state index is 12.1. The molecule has 0 aliphatic heterocycles. The van der Waals surface area contributed by atoms with E-state index in [0.717, 1.165) is 0 Å². The van der Waals surface area contributed by atoms with Crippen LogP contribution in [-0.4, -0.2) is 23.3 Å². The van der Waals surface area contributed by atoms with Crippen LogP contribution in [0.1, 0.15) is 20.8 Å². The van der Waals surface area contributed by atoms with Gasteiger partial charge < -0.3 is 5.11 Å². The van der Waals surface area contributed by atoms with Crippen LogP contribution in [0.3, 0.4) is 0 Å². The van der Waals surface area contributed by atoms with Gasteiger partial charge >= 0.3 is 0 Å². The molecule has 1 aromatic carbocycles. The molecule has 0 saturated heterocycles. The summed E-state index contributed by atoms with van der Waals surface area (Å²) in [6, 6.07) is 13.9. The molecular weight excluding hydrogens is 242 g/mol. The van der Waals surface area contributed by atoms with Gasteiger partial charge in [-0.1, -0.05) is 30.3 Å². The number of aliphatic hydroxyl groups excluding tert-OH is 1. The number of aliphatic hydroxyl groups is 1. The van der Waals surface area contributed by atoms with Crippen LogP contribution in [0.25, 0.3) is 0 Å². The maximum atomic E-state index is 12.1. The minimum atomic E-state index is -0.566. The van der Waals surface area contributed by atoms with Gasteiger partial charge in [0.15, 0.2) is 6.20 Å². The van der Waals surface area contributed by atoms with Gasteiger partial charge in [0.25, 0.3) is 11.5 Å². The summed E-state index contributed by atoms with van der Waals surface area (Å²) < 4.78 is 1.55. The average Bonchev–Trinajstić information content (AvgIpc) is 2.48. The number of benzene rings is 1. The predicted molar refractivity (Wildman–Crippen MR) is 68.8 cm³/mol. The SMILES string of the molecule is O=C(C[n+]1ccccc1C(=O)CO)c1ccccc1. The molecule has 0 amide bonds. The number of carbonyl (C=O) groups excluding carboxylic acids is 2. The third kappa shape index (κ3) is 3.11. The Kier molecular flexibility index (Phi) is 4.15. The van der Waals surface area contributed by atoms with Crippen molar-refractivity contribution in [2.24, 2.45) is 0 Å². The Morgan fingerprint density at radius 3 is 2.32 bits per heavy atom. The van der Waals surface area contributed by atoms with Gasteiger partial charge in [-0.05, 0) is 6.07 Å². The highest BCUT2D eigenvalue weighted by Crippen LogP contribution is 2.01. The Morgan fingerprint density at radius 2 is 1.63 bits per heavy atom. The quantitative estimate of drug-likeness (QED) is 0.642. The maximum Gasteiger partial charge on any atom is 0.251 e. The topological polar surface area (TPSA) is 58.2 Å². The zero-order valence-electron chi connectivity index (χ0n) is 10.3. The second-order valence-corrected chi connectivity index (χ2v) is 4.08. The number of ketones is 2. The molecule has 0 bridgehead atoms. The molecule has 0 aliphatic rings. The fourth-order valence-electron chi connectivity index (χ4n) is 1.82. The van der Waals surface area contributed by atoms with Gasteiger partial charge in [-0.3, -0.25) is 9.59 Å². The molecule has 2 rings (SSSR count). The average molecular weight is 256 g/mol. The first kappa shape index (κ1) is 13.1. The third-order valence-corrected chi connectivity index (χ3v) is 2.78. The zero-order valence-corrected chi connectivity index (χ0v) is 10.3. The van der Waals surface area contributed by atoms with E-state index in [1.807, 2.05) is 6.07 Å². The van der Waals surface area contributed by atoms with E-state index in [-0.39, 0.29) is 12.3 Å². The van der Waals surface area contributed by atoms with E-state index in [0.29, 0.717) is 11.3 Å². The molecule has 96 valence electrons. The summed E-state index contributed by atoms with van der Waals surface area (Å²) in [6.45, 7) is -0.491. The highest BCUT2D eigenvalue weighted by atomic mass is 16.3. The van der Waals surface area contributed by atoms with Gasteiger partial charge in [-0.15, -0.1) is 0 Å². The number of aromatic nitrogens is 1. The Balaban J connectivity index is 2.25. The third-order valence-electron chi connectivity index (χ3n) is 2.78. The van der Waals surface area contributed by atoms with E-state index in [1.54, 1.807) is 53.2 Å². The molecule has 19 heavy (non-hydrogen) atoms. The smallest absolute Gasteiger partial charge is 0.251 e. The standard InChI is InChI=1S/C15H14NO3/c17-11-15(19)13-8-4-5-9-16(13)10-14(18)12-6-2-1-3-7-12/h1-9,17H,10-11H2/q+1. The number of hydrogen-bond acceptors (Lipinski definition) is 3. The second-order valence-electron chi connectivity index (χ2n) is 4.08. The van der Waals surface area contributed by atoms with Crippen molar-refractivity contribution >= 4 is 11.6 Å². The molecule has 0 fully saturated rings. The molecule has 4 nitrogen and oxygen atoms in total. The summed E-state index contributed by atoms with van der Waals surface area (Å²) >= 11 is 0. The molecule has 1 N–H and O–H groups in total. The number of Topliss-reactive ketones (excluding diaryl/α,β-unsaturated/α-hetero) is 2. The highest BCUT2D eigenvalue weighted by molar-refractivity contribution is 5.96. The van der Waals surface area contributed by atoms with Crippen molar-refractivity contribution in [3.05, 3.63) is 66.0 Å². The molecule has 1 heterocycles. The summed E-state index contributed by atoms with van der Waals surface area (Å²) in [5.74, 6) is -0.481. The van der Waals surface area contributed by atoms with Crippen LogP contribution in [0.15, 0.2) is 54.7 Å². The Hall–Kier alpha value is -2.33. The van der Waals surface area contributed by atoms with E-state index < -0.39 is 12.4 Å². The fourth-order valence-corrected chi connectivity index (χ4v) is 1.82. The predicted octanol–water partition coefficient (Wildman–Crippen LogP) is 1.03. The lowest BCUT2D eigenvalue weighted by molar-refractivity contribution is -0.685. The fraction of sp³-hybridized carbons (Fsp3) is 0.133. The van der Waals surface area contributed by atoms with Crippen molar-refractivity contribution < 1.29 is 19.3 Å². The molecule has 0 unspecified atom stereocenters. The summed E-state index contributed by atoms with van der Waals surface area (Å²) in [6.07, 6.45) is 1.66. The molecule has 0 spiro atoms. The van der Waals surface area contributed by atoms with Crippen molar-refractivity contribution in [2.45, 2.75) is 6.54 Å². The first-order chi connectivity index (χ1) is 9.22. The molecule has 2 aromatic rings. The van der Waals surface area contributed by atoms with E-state index >= 15 is 0 Å². The van der Waals surface area contributed by atoms with Crippen LogP contribution in [0.5, 0.6) is 0 Å². The van der Waals surface area contributed by atoms with E-state index in [2.05, 4.69) is 0 Å². The van der Waals surface area contributed by atoms with Gasteiger partial charge in [0.05, 0.1) is 0 Å². The van der Waals surface area contributed by atoms with Crippen LogP contribution >= 0.6 is 0 Å². The van der Waals surface area contributed by atoms with Gasteiger partial charge in [-0.25, -0.2) is 0 Å². The lowest BCUT2D eigenvalue weighted by atomic mass is 10.1. The van der Waals surface area contributed by atoms with Crippen LogP contribution in [0, 0.1) is 0 Å². The monoisotopic (exact) mass is 256 g/mol. The minimum absolute atomic E-state index is 0.0753. The number of pyridine rings is 1. The molecule has 0 aliphatic carbocycles. The largest absolute Gasteiger partial charge is 0.388 e. The van der Waals surface area contributed by atoms with Crippen LogP contribution in [0.4, 0.5) is 0 Å². The van der Waals surface area contributed by atoms with Crippen molar-refractivity contribution in [2.75, 3.05) is 6.61 Å². The number of carbonyl (C=O) groups is 2. The van der Waals surface area contributed by atoms with Gasteiger partial charge in [0.2, 0.25) is 12.3 Å². The van der Waals surface area contributed by atoms with Crippen LogP contribution in [0.2, 0.25) is 0 Å². The number of hydrogen-bond donors (Lipinski definition) is 1. The lowest BCUT2D eigenvalue weighted by Gasteiger charge is -2.01. The Morgan fingerprint density at radius 1 is 0.947 bits per heavy atom. The Labute approximate surface area is 110 Å². The highest BCUT2D eigenvalue weighted by Gasteiger charge is 2.20. The van der Waals surface area contributed by atoms with E-state index in [4.69, 9.17) is 5.11 Å². The van der Waals surface area contributed by atoms with E-state index in [1.165, 1.54) is 0 Å². The van der Waals surface area contributed by atoms with Crippen LogP contribution in [-0.2, 0) is 6.54 Å². The van der Waals surface area contributed by atoms with Gasteiger partial charge in [0, 0.05) is 17.7 Å². The van der Waals surface area contributed by atoms with Crippen molar-refractivity contribution in [1.82, 2.24) is 0 Å². The second kappa shape index (κ2) is 6.02. The van der Waals surface area contributed by atoms with Crippen molar-refractivity contribution in [3.8, 4) is 0 Å². The van der Waals surface area contributed by atoms with Gasteiger partial charge in [-0.2, -0.15) is 4.57 Å². The summed E-state index contributed by atoms with van der Waals surface area (Å²) in [5, 5.41) is 8.92.